The summed E-state index contributed by atoms with van der Waals surface area (Å²) >= 11 is 0. The molecular formula is C15H24O2. The van der Waals surface area contributed by atoms with Crippen molar-refractivity contribution in [3.05, 3.63) is 0 Å². The monoisotopic (exact) mass is 236 g/mol. The third-order valence-electron chi connectivity index (χ3n) is 6.25. The molecule has 0 radical (unpaired) electrons. The third kappa shape index (κ3) is 1.46. The molecule has 0 spiro atoms. The molecule has 2 bridgehead atoms. The van der Waals surface area contributed by atoms with Crippen molar-refractivity contribution in [2.24, 2.45) is 29.1 Å². The quantitative estimate of drug-likeness (QED) is 0.816. The van der Waals surface area contributed by atoms with Crippen molar-refractivity contribution >= 4 is 0 Å². The summed E-state index contributed by atoms with van der Waals surface area (Å²) in [4.78, 5) is 0. The minimum absolute atomic E-state index is 0.154. The van der Waals surface area contributed by atoms with Crippen LogP contribution in [0.2, 0.25) is 0 Å². The van der Waals surface area contributed by atoms with Crippen LogP contribution in [0.15, 0.2) is 0 Å². The number of aliphatic hydroxyl groups is 1. The largest absolute Gasteiger partial charge is 0.396 e. The Bertz CT molecular complexity index is 312. The molecule has 17 heavy (non-hydrogen) atoms. The van der Waals surface area contributed by atoms with E-state index in [1.807, 2.05) is 0 Å². The van der Waals surface area contributed by atoms with Gasteiger partial charge in [0, 0.05) is 12.0 Å². The van der Waals surface area contributed by atoms with Crippen molar-refractivity contribution in [1.82, 2.24) is 0 Å². The molecule has 4 rings (SSSR count). The molecule has 0 amide bonds. The minimum atomic E-state index is 0.154. The fourth-order valence-electron chi connectivity index (χ4n) is 5.32. The lowest BCUT2D eigenvalue weighted by Gasteiger charge is -2.42. The second-order valence-corrected chi connectivity index (χ2v) is 7.05. The number of ether oxygens (including phenoxy) is 1. The first-order valence-corrected chi connectivity index (χ1v) is 7.56. The van der Waals surface area contributed by atoms with Gasteiger partial charge in [-0.1, -0.05) is 6.42 Å². The molecule has 96 valence electrons. The van der Waals surface area contributed by atoms with Crippen molar-refractivity contribution < 1.29 is 9.84 Å². The van der Waals surface area contributed by atoms with Crippen LogP contribution < -0.4 is 0 Å². The molecule has 0 aromatic rings. The molecule has 3 saturated carbocycles. The Morgan fingerprint density at radius 2 is 1.88 bits per heavy atom. The predicted octanol–water partition coefficient (Wildman–Crippen LogP) is 2.60. The highest BCUT2D eigenvalue weighted by Crippen LogP contribution is 2.61. The van der Waals surface area contributed by atoms with Crippen molar-refractivity contribution in [2.45, 2.75) is 51.0 Å². The Morgan fingerprint density at radius 1 is 1.06 bits per heavy atom. The zero-order chi connectivity index (χ0) is 11.5. The smallest absolute Gasteiger partial charge is 0.0684 e. The van der Waals surface area contributed by atoms with Gasteiger partial charge in [-0.15, -0.1) is 0 Å². The van der Waals surface area contributed by atoms with Gasteiger partial charge in [-0.05, 0) is 62.2 Å². The molecular weight excluding hydrogens is 212 g/mol. The molecule has 4 aliphatic rings. The van der Waals surface area contributed by atoms with Crippen molar-refractivity contribution in [1.29, 1.82) is 0 Å². The Hall–Kier alpha value is -0.0800. The van der Waals surface area contributed by atoms with Crippen molar-refractivity contribution in [3.63, 3.8) is 0 Å². The topological polar surface area (TPSA) is 29.5 Å². The van der Waals surface area contributed by atoms with Gasteiger partial charge in [0.05, 0.1) is 12.7 Å². The average Bonchev–Trinajstić information content (AvgIpc) is 2.82. The highest BCUT2D eigenvalue weighted by atomic mass is 16.5. The lowest BCUT2D eigenvalue weighted by molar-refractivity contribution is -0.0496. The Balaban J connectivity index is 1.63. The van der Waals surface area contributed by atoms with Gasteiger partial charge < -0.3 is 9.84 Å². The summed E-state index contributed by atoms with van der Waals surface area (Å²) in [6.45, 7) is 1.28. The summed E-state index contributed by atoms with van der Waals surface area (Å²) in [5.41, 5.74) is 0.154. The molecule has 2 nitrogen and oxygen atoms in total. The fraction of sp³-hybridized carbons (Fsp3) is 1.00. The molecule has 1 N–H and O–H groups in total. The molecule has 1 heterocycles. The standard InChI is InChI=1S/C15H24O2/c16-9-15(5-6-17-14(15)11-3-4-11)13-8-10-1-2-12(13)7-10/h10-14,16H,1-9H2. The van der Waals surface area contributed by atoms with Crippen molar-refractivity contribution in [2.75, 3.05) is 13.2 Å². The van der Waals surface area contributed by atoms with Crippen LogP contribution in [0.25, 0.3) is 0 Å². The lowest BCUT2D eigenvalue weighted by Crippen LogP contribution is -2.45. The van der Waals surface area contributed by atoms with E-state index in [9.17, 15) is 5.11 Å². The molecule has 3 aliphatic carbocycles. The summed E-state index contributed by atoms with van der Waals surface area (Å²) in [5.74, 6) is 3.45. The van der Waals surface area contributed by atoms with Crippen LogP contribution in [-0.4, -0.2) is 24.4 Å². The average molecular weight is 236 g/mol. The van der Waals surface area contributed by atoms with Gasteiger partial charge >= 0.3 is 0 Å². The fourth-order valence-corrected chi connectivity index (χ4v) is 5.32. The molecule has 1 saturated heterocycles. The zero-order valence-electron chi connectivity index (χ0n) is 10.6. The van der Waals surface area contributed by atoms with E-state index in [-0.39, 0.29) is 5.41 Å². The maximum Gasteiger partial charge on any atom is 0.0684 e. The van der Waals surface area contributed by atoms with Crippen LogP contribution in [0, 0.1) is 29.1 Å². The summed E-state index contributed by atoms with van der Waals surface area (Å²) < 4.78 is 6.04. The second-order valence-electron chi connectivity index (χ2n) is 7.05. The van der Waals surface area contributed by atoms with Crippen LogP contribution >= 0.6 is 0 Å². The van der Waals surface area contributed by atoms with Crippen LogP contribution in [0.1, 0.15) is 44.9 Å². The van der Waals surface area contributed by atoms with Gasteiger partial charge in [0.2, 0.25) is 0 Å². The van der Waals surface area contributed by atoms with Gasteiger partial charge in [0.25, 0.3) is 0 Å². The molecule has 0 aromatic heterocycles. The number of fused-ring (bicyclic) bond motifs is 2. The molecule has 1 aliphatic heterocycles. The number of hydrogen-bond donors (Lipinski definition) is 1. The molecule has 2 heteroatoms. The van der Waals surface area contributed by atoms with Gasteiger partial charge in [0.15, 0.2) is 0 Å². The van der Waals surface area contributed by atoms with E-state index in [4.69, 9.17) is 4.74 Å². The van der Waals surface area contributed by atoms with Crippen LogP contribution in [0.4, 0.5) is 0 Å². The highest BCUT2D eigenvalue weighted by Gasteiger charge is 2.59. The third-order valence-corrected chi connectivity index (χ3v) is 6.25. The van der Waals surface area contributed by atoms with Crippen LogP contribution in [0.3, 0.4) is 0 Å². The van der Waals surface area contributed by atoms with E-state index in [0.29, 0.717) is 12.7 Å². The Kier molecular flexibility index (Phi) is 2.36. The Morgan fingerprint density at radius 3 is 2.47 bits per heavy atom. The van der Waals surface area contributed by atoms with E-state index in [1.165, 1.54) is 38.5 Å². The van der Waals surface area contributed by atoms with Gasteiger partial charge in [0.1, 0.15) is 0 Å². The summed E-state index contributed by atoms with van der Waals surface area (Å²) in [6.07, 6.45) is 9.92. The van der Waals surface area contributed by atoms with Crippen LogP contribution in [0.5, 0.6) is 0 Å². The SMILES string of the molecule is OCC1(C2CC3CCC2C3)CCOC1C1CC1. The number of aliphatic hydroxyl groups excluding tert-OH is 1. The molecule has 4 fully saturated rings. The minimum Gasteiger partial charge on any atom is -0.396 e. The lowest BCUT2D eigenvalue weighted by atomic mass is 9.64. The summed E-state index contributed by atoms with van der Waals surface area (Å²) in [6, 6.07) is 0. The number of rotatable bonds is 3. The normalized spacial score (nSPS) is 53.5. The predicted molar refractivity (Wildman–Crippen MR) is 65.5 cm³/mol. The second kappa shape index (κ2) is 3.71. The first kappa shape index (κ1) is 10.8. The first-order chi connectivity index (χ1) is 8.33. The summed E-state index contributed by atoms with van der Waals surface area (Å²) in [7, 11) is 0. The van der Waals surface area contributed by atoms with E-state index >= 15 is 0 Å². The highest BCUT2D eigenvalue weighted by molar-refractivity contribution is 5.07. The molecule has 0 aromatic carbocycles. The van der Waals surface area contributed by atoms with Gasteiger partial charge in [-0.3, -0.25) is 0 Å². The van der Waals surface area contributed by atoms with E-state index in [2.05, 4.69) is 0 Å². The van der Waals surface area contributed by atoms with Gasteiger partial charge in [-0.25, -0.2) is 0 Å². The van der Waals surface area contributed by atoms with Crippen molar-refractivity contribution in [3.8, 4) is 0 Å². The van der Waals surface area contributed by atoms with Gasteiger partial charge in [-0.2, -0.15) is 0 Å². The zero-order valence-corrected chi connectivity index (χ0v) is 10.6. The maximum atomic E-state index is 10.1. The van der Waals surface area contributed by atoms with Crippen LogP contribution in [-0.2, 0) is 4.74 Å². The van der Waals surface area contributed by atoms with E-state index < -0.39 is 0 Å². The molecule has 5 atom stereocenters. The number of hydrogen-bond acceptors (Lipinski definition) is 2. The van der Waals surface area contributed by atoms with E-state index in [1.54, 1.807) is 0 Å². The Labute approximate surface area is 104 Å². The first-order valence-electron chi connectivity index (χ1n) is 7.56. The van der Waals surface area contributed by atoms with E-state index in [0.717, 1.165) is 36.7 Å². The maximum absolute atomic E-state index is 10.1. The summed E-state index contributed by atoms with van der Waals surface area (Å²) in [5, 5.41) is 10.1. The molecule has 5 unspecified atom stereocenters.